The lowest BCUT2D eigenvalue weighted by atomic mass is 10.1. The van der Waals surface area contributed by atoms with Gasteiger partial charge in [0, 0.05) is 22.4 Å². The van der Waals surface area contributed by atoms with Crippen molar-refractivity contribution in [3.05, 3.63) is 70.6 Å². The molecule has 2 heterocycles. The first kappa shape index (κ1) is 22.4. The highest BCUT2D eigenvalue weighted by Crippen LogP contribution is 2.31. The Balaban J connectivity index is 1.97. The third kappa shape index (κ3) is 4.73. The summed E-state index contributed by atoms with van der Waals surface area (Å²) in [6, 6.07) is 5.45. The van der Waals surface area contributed by atoms with E-state index in [-0.39, 0.29) is 10.8 Å². The molecule has 162 valence electrons. The second-order valence-corrected chi connectivity index (χ2v) is 8.59. The SMILES string of the molecule is C=CC1=C(C)C(=O)N/C1=C\c1[nH]c(N=Nc2ccc(S(=O)(=O)O)cc2)c(CCC)c1C. The molecule has 0 aliphatic carbocycles. The van der Waals surface area contributed by atoms with E-state index in [9.17, 15) is 13.2 Å². The van der Waals surface area contributed by atoms with Gasteiger partial charge < -0.3 is 10.3 Å². The van der Waals surface area contributed by atoms with Gasteiger partial charge >= 0.3 is 0 Å². The molecule has 1 aromatic heterocycles. The van der Waals surface area contributed by atoms with Gasteiger partial charge in [-0.25, -0.2) is 0 Å². The summed E-state index contributed by atoms with van der Waals surface area (Å²) in [7, 11) is -4.25. The highest BCUT2D eigenvalue weighted by Gasteiger charge is 2.22. The molecule has 0 fully saturated rings. The lowest BCUT2D eigenvalue weighted by Crippen LogP contribution is -2.15. The van der Waals surface area contributed by atoms with Gasteiger partial charge in [-0.05, 0) is 56.2 Å². The number of carbonyl (C=O) groups is 1. The van der Waals surface area contributed by atoms with E-state index < -0.39 is 10.1 Å². The number of hydrogen-bond acceptors (Lipinski definition) is 5. The zero-order valence-electron chi connectivity index (χ0n) is 17.6. The summed E-state index contributed by atoms with van der Waals surface area (Å²) < 4.78 is 31.4. The number of nitrogens with zero attached hydrogens (tertiary/aromatic N) is 2. The summed E-state index contributed by atoms with van der Waals surface area (Å²) in [6.07, 6.45) is 5.21. The molecule has 31 heavy (non-hydrogen) atoms. The van der Waals surface area contributed by atoms with E-state index in [4.69, 9.17) is 4.55 Å². The van der Waals surface area contributed by atoms with E-state index in [0.29, 0.717) is 22.8 Å². The van der Waals surface area contributed by atoms with Crippen molar-refractivity contribution in [3.63, 3.8) is 0 Å². The Morgan fingerprint density at radius 3 is 2.42 bits per heavy atom. The van der Waals surface area contributed by atoms with E-state index in [1.807, 2.05) is 13.0 Å². The average molecular weight is 441 g/mol. The van der Waals surface area contributed by atoms with Gasteiger partial charge in [0.2, 0.25) is 0 Å². The molecule has 1 aliphatic rings. The van der Waals surface area contributed by atoms with E-state index in [1.54, 1.807) is 13.0 Å². The molecule has 0 bridgehead atoms. The van der Waals surface area contributed by atoms with Crippen LogP contribution in [0.2, 0.25) is 0 Å². The van der Waals surface area contributed by atoms with Crippen molar-refractivity contribution in [2.24, 2.45) is 10.2 Å². The number of amides is 1. The Bertz CT molecular complexity index is 1230. The topological polar surface area (TPSA) is 124 Å². The van der Waals surface area contributed by atoms with E-state index in [1.165, 1.54) is 24.3 Å². The third-order valence-corrected chi connectivity index (χ3v) is 5.94. The predicted octanol–water partition coefficient (Wildman–Crippen LogP) is 4.91. The Hall–Kier alpha value is -3.30. The molecular weight excluding hydrogens is 416 g/mol. The van der Waals surface area contributed by atoms with Gasteiger partial charge in [-0.1, -0.05) is 26.0 Å². The van der Waals surface area contributed by atoms with Crippen LogP contribution in [0.1, 0.15) is 37.1 Å². The fourth-order valence-corrected chi connectivity index (χ4v) is 3.82. The number of aromatic nitrogens is 1. The smallest absolute Gasteiger partial charge is 0.294 e. The molecule has 1 aromatic carbocycles. The first-order valence-corrected chi connectivity index (χ1v) is 11.2. The Kier molecular flexibility index (Phi) is 6.37. The van der Waals surface area contributed by atoms with Gasteiger partial charge in [0.05, 0.1) is 16.3 Å². The number of benzene rings is 1. The zero-order chi connectivity index (χ0) is 22.8. The van der Waals surface area contributed by atoms with Crippen molar-refractivity contribution in [3.8, 4) is 0 Å². The molecule has 1 amide bonds. The van der Waals surface area contributed by atoms with Gasteiger partial charge in [0.25, 0.3) is 16.0 Å². The lowest BCUT2D eigenvalue weighted by molar-refractivity contribution is -0.116. The normalized spacial score (nSPS) is 15.9. The molecule has 3 N–H and O–H groups in total. The largest absolute Gasteiger partial charge is 0.338 e. The van der Waals surface area contributed by atoms with Crippen LogP contribution >= 0.6 is 0 Å². The van der Waals surface area contributed by atoms with Crippen molar-refractivity contribution in [2.75, 3.05) is 0 Å². The fraction of sp³-hybridized carbons (Fsp3) is 0.227. The molecule has 0 spiro atoms. The summed E-state index contributed by atoms with van der Waals surface area (Å²) in [4.78, 5) is 15.0. The standard InChI is InChI=1S/C22H24N4O4S/c1-5-7-18-13(3)19(12-20-17(6-2)14(4)22(27)24-20)23-21(18)26-25-15-8-10-16(11-9-15)31(28,29)30/h6,8-12,23H,2,5,7H2,1,3-4H3,(H,24,27)(H,28,29,30)/b20-12-,26-25?. The van der Waals surface area contributed by atoms with Gasteiger partial charge in [-0.3, -0.25) is 9.35 Å². The number of allylic oxidation sites excluding steroid dienone is 1. The number of carbonyl (C=O) groups excluding carboxylic acids is 1. The number of aromatic amines is 1. The number of azo groups is 1. The first-order valence-electron chi connectivity index (χ1n) is 9.73. The van der Waals surface area contributed by atoms with Crippen LogP contribution < -0.4 is 5.32 Å². The molecule has 9 heteroatoms. The summed E-state index contributed by atoms with van der Waals surface area (Å²) in [5, 5.41) is 11.4. The Labute approximate surface area is 181 Å². The second-order valence-electron chi connectivity index (χ2n) is 7.16. The molecule has 0 atom stereocenters. The van der Waals surface area contributed by atoms with E-state index in [2.05, 4.69) is 34.0 Å². The van der Waals surface area contributed by atoms with E-state index >= 15 is 0 Å². The molecule has 0 saturated heterocycles. The quantitative estimate of drug-likeness (QED) is 0.418. The van der Waals surface area contributed by atoms with Gasteiger partial charge in [0.1, 0.15) is 0 Å². The fourth-order valence-electron chi connectivity index (χ4n) is 3.34. The third-order valence-electron chi connectivity index (χ3n) is 5.07. The first-order chi connectivity index (χ1) is 14.7. The monoisotopic (exact) mass is 440 g/mol. The molecule has 0 saturated carbocycles. The minimum atomic E-state index is -4.25. The van der Waals surface area contributed by atoms with Crippen LogP contribution in [-0.4, -0.2) is 23.9 Å². The van der Waals surface area contributed by atoms with Crippen LogP contribution in [-0.2, 0) is 21.3 Å². The minimum absolute atomic E-state index is 0.146. The van der Waals surface area contributed by atoms with Crippen molar-refractivity contribution < 1.29 is 17.8 Å². The number of rotatable bonds is 7. The Morgan fingerprint density at radius 1 is 1.16 bits per heavy atom. The Morgan fingerprint density at radius 2 is 1.84 bits per heavy atom. The molecule has 8 nitrogen and oxygen atoms in total. The highest BCUT2D eigenvalue weighted by atomic mass is 32.2. The average Bonchev–Trinajstić information content (AvgIpc) is 3.16. The maximum absolute atomic E-state index is 12.0. The summed E-state index contributed by atoms with van der Waals surface area (Å²) in [6.45, 7) is 9.59. The molecule has 1 aliphatic heterocycles. The van der Waals surface area contributed by atoms with Gasteiger partial charge in [-0.15, -0.1) is 10.2 Å². The maximum Gasteiger partial charge on any atom is 0.294 e. The highest BCUT2D eigenvalue weighted by molar-refractivity contribution is 7.85. The van der Waals surface area contributed by atoms with Crippen LogP contribution in [0.5, 0.6) is 0 Å². The van der Waals surface area contributed by atoms with Crippen LogP contribution in [0.25, 0.3) is 6.08 Å². The summed E-state index contributed by atoms with van der Waals surface area (Å²) in [5.41, 5.74) is 5.32. The molecular formula is C22H24N4O4S. The number of hydrogen-bond donors (Lipinski definition) is 3. The van der Waals surface area contributed by atoms with Crippen LogP contribution in [0.3, 0.4) is 0 Å². The van der Waals surface area contributed by atoms with Crippen molar-refractivity contribution >= 4 is 33.6 Å². The molecule has 0 unspecified atom stereocenters. The molecule has 0 radical (unpaired) electrons. The van der Waals surface area contributed by atoms with Crippen molar-refractivity contribution in [1.29, 1.82) is 0 Å². The van der Waals surface area contributed by atoms with Crippen molar-refractivity contribution in [2.45, 2.75) is 38.5 Å². The van der Waals surface area contributed by atoms with Crippen LogP contribution in [0.15, 0.2) is 68.9 Å². The lowest BCUT2D eigenvalue weighted by Gasteiger charge is -2.02. The number of H-pyrrole nitrogens is 1. The zero-order valence-corrected chi connectivity index (χ0v) is 18.4. The van der Waals surface area contributed by atoms with Crippen molar-refractivity contribution in [1.82, 2.24) is 10.3 Å². The maximum atomic E-state index is 12.0. The van der Waals surface area contributed by atoms with Gasteiger partial charge in [-0.2, -0.15) is 8.42 Å². The summed E-state index contributed by atoms with van der Waals surface area (Å²) in [5.74, 6) is 0.447. The molecule has 2 aromatic rings. The van der Waals surface area contributed by atoms with E-state index in [0.717, 1.165) is 35.2 Å². The van der Waals surface area contributed by atoms with Crippen LogP contribution in [0.4, 0.5) is 11.5 Å². The number of nitrogens with one attached hydrogen (secondary N) is 2. The predicted molar refractivity (Wildman–Crippen MR) is 119 cm³/mol. The summed E-state index contributed by atoms with van der Waals surface area (Å²) >= 11 is 0. The van der Waals surface area contributed by atoms with Gasteiger partial charge in [0.15, 0.2) is 5.82 Å². The molecule has 3 rings (SSSR count). The minimum Gasteiger partial charge on any atom is -0.338 e. The van der Waals surface area contributed by atoms with Crippen LogP contribution in [0, 0.1) is 6.92 Å². The second kappa shape index (κ2) is 8.83.